The van der Waals surface area contributed by atoms with Crippen LogP contribution in [0.3, 0.4) is 0 Å². The number of ether oxygens (including phenoxy) is 1. The summed E-state index contributed by atoms with van der Waals surface area (Å²) in [7, 11) is -2.11. The van der Waals surface area contributed by atoms with E-state index in [0.29, 0.717) is 37.2 Å². The monoisotopic (exact) mass is 638 g/mol. The van der Waals surface area contributed by atoms with E-state index in [2.05, 4.69) is 5.32 Å². The number of hydrogen-bond acceptors (Lipinski definition) is 6. The van der Waals surface area contributed by atoms with Crippen molar-refractivity contribution in [2.45, 2.75) is 116 Å². The minimum atomic E-state index is -3.75. The van der Waals surface area contributed by atoms with E-state index in [0.717, 1.165) is 49.3 Å². The number of unbranched alkanes of at least 4 members (excludes halogenated alkanes) is 4. The third kappa shape index (κ3) is 9.82. The topological polar surface area (TPSA) is 108 Å². The molecule has 1 aromatic carbocycles. The average Bonchev–Trinajstić information content (AvgIpc) is 3.19. The molecule has 9 nitrogen and oxygen atoms in total. The van der Waals surface area contributed by atoms with E-state index in [1.165, 1.54) is 14.6 Å². The van der Waals surface area contributed by atoms with Crippen LogP contribution in [0.15, 0.2) is 22.5 Å². The van der Waals surface area contributed by atoms with Crippen LogP contribution in [0.25, 0.3) is 6.08 Å². The molecule has 1 fully saturated rings. The van der Waals surface area contributed by atoms with Crippen LogP contribution in [-0.2, 0) is 19.6 Å². The predicted molar refractivity (Wildman–Crippen MR) is 171 cm³/mol. The number of carbonyl (C=O) groups excluding carboxylic acids is 2. The van der Waals surface area contributed by atoms with Gasteiger partial charge in [-0.05, 0) is 102 Å². The molecule has 1 saturated heterocycles. The van der Waals surface area contributed by atoms with Gasteiger partial charge in [0.25, 0.3) is 5.91 Å². The lowest BCUT2D eigenvalue weighted by Gasteiger charge is -2.34. The van der Waals surface area contributed by atoms with Gasteiger partial charge >= 0.3 is 6.09 Å². The first-order valence-corrected chi connectivity index (χ1v) is 16.9. The van der Waals surface area contributed by atoms with Crippen molar-refractivity contribution in [3.05, 3.63) is 34.2 Å². The van der Waals surface area contributed by atoms with Crippen molar-refractivity contribution < 1.29 is 31.5 Å². The van der Waals surface area contributed by atoms with Crippen molar-refractivity contribution in [1.82, 2.24) is 9.62 Å². The summed E-state index contributed by atoms with van der Waals surface area (Å²) in [4.78, 5) is 31.5. The summed E-state index contributed by atoms with van der Waals surface area (Å²) in [6.45, 7) is 10.4. The molecule has 12 heteroatoms. The smallest absolute Gasteiger partial charge is 0.414 e. The van der Waals surface area contributed by atoms with Crippen LogP contribution in [0, 0.1) is 13.8 Å². The molecule has 0 radical (unpaired) electrons. The molecule has 1 aromatic rings. The fraction of sp³-hybridized carbons (Fsp3) is 0.656. The molecule has 1 N–H and O–H groups in total. The molecular formula is C32H48F2N4O5S. The van der Waals surface area contributed by atoms with Crippen molar-refractivity contribution in [2.24, 2.45) is 4.99 Å². The fourth-order valence-corrected chi connectivity index (χ4v) is 6.67. The second kappa shape index (κ2) is 14.1. The lowest BCUT2D eigenvalue weighted by molar-refractivity contribution is -0.124. The average molecular weight is 639 g/mol. The molecular weight excluding hydrogens is 590 g/mol. The van der Waals surface area contributed by atoms with Gasteiger partial charge in [0.05, 0.1) is 0 Å². The highest BCUT2D eigenvalue weighted by Gasteiger charge is 2.46. The summed E-state index contributed by atoms with van der Waals surface area (Å²) < 4.78 is 59.1. The number of piperidine rings is 1. The van der Waals surface area contributed by atoms with Crippen molar-refractivity contribution in [3.63, 3.8) is 0 Å². The van der Waals surface area contributed by atoms with Gasteiger partial charge in [-0.3, -0.25) is 14.7 Å². The van der Waals surface area contributed by atoms with Crippen LogP contribution in [0.1, 0.15) is 102 Å². The number of carbonyl (C=O) groups is 2. The molecule has 44 heavy (non-hydrogen) atoms. The Morgan fingerprint density at radius 3 is 2.20 bits per heavy atom. The summed E-state index contributed by atoms with van der Waals surface area (Å²) >= 11 is 0. The molecule has 3 rings (SSSR count). The summed E-state index contributed by atoms with van der Waals surface area (Å²) in [5.74, 6) is -2.18. The van der Waals surface area contributed by atoms with E-state index in [4.69, 9.17) is 9.73 Å². The molecule has 2 heterocycles. The summed E-state index contributed by atoms with van der Waals surface area (Å²) in [6.07, 6.45) is 5.98. The van der Waals surface area contributed by atoms with E-state index >= 15 is 0 Å². The molecule has 1 spiro atoms. The second-order valence-electron chi connectivity index (χ2n) is 13.2. The van der Waals surface area contributed by atoms with Crippen LogP contribution in [0.2, 0.25) is 0 Å². The van der Waals surface area contributed by atoms with Crippen LogP contribution >= 0.6 is 0 Å². The van der Waals surface area contributed by atoms with Crippen LogP contribution in [-0.4, -0.2) is 67.8 Å². The third-order valence-corrected chi connectivity index (χ3v) is 9.57. The number of hydrogen-bond donors (Lipinski definition) is 1. The highest BCUT2D eigenvalue weighted by Crippen LogP contribution is 2.33. The minimum absolute atomic E-state index is 0.0949. The van der Waals surface area contributed by atoms with Gasteiger partial charge < -0.3 is 10.1 Å². The number of anilines is 1. The van der Waals surface area contributed by atoms with E-state index in [9.17, 15) is 26.8 Å². The van der Waals surface area contributed by atoms with E-state index in [1.54, 1.807) is 33.9 Å². The number of amidine groups is 1. The Kier molecular flexibility index (Phi) is 11.4. The maximum atomic E-state index is 13.2. The van der Waals surface area contributed by atoms with Gasteiger partial charge in [-0.1, -0.05) is 19.3 Å². The molecule has 0 unspecified atom stereocenters. The van der Waals surface area contributed by atoms with Crippen LogP contribution < -0.4 is 10.2 Å². The highest BCUT2D eigenvalue weighted by atomic mass is 32.2. The van der Waals surface area contributed by atoms with Gasteiger partial charge in [-0.25, -0.2) is 22.0 Å². The second-order valence-corrected chi connectivity index (χ2v) is 15.0. The van der Waals surface area contributed by atoms with Crippen molar-refractivity contribution in [3.8, 4) is 0 Å². The first-order valence-electron chi connectivity index (χ1n) is 15.4. The van der Waals surface area contributed by atoms with Gasteiger partial charge in [-0.15, -0.1) is 0 Å². The summed E-state index contributed by atoms with van der Waals surface area (Å²) in [5.41, 5.74) is 1.44. The quantitative estimate of drug-likeness (QED) is 0.256. The number of aryl methyl sites for hydroxylation is 2. The van der Waals surface area contributed by atoms with Gasteiger partial charge in [0.2, 0.25) is 15.9 Å². The van der Waals surface area contributed by atoms with E-state index in [1.807, 2.05) is 26.0 Å². The number of aliphatic imine (C=N–C) groups is 1. The van der Waals surface area contributed by atoms with Gasteiger partial charge in [-0.2, -0.15) is 4.31 Å². The molecule has 0 bridgehead atoms. The number of sulfonamides is 1. The molecule has 2 amide bonds. The SMILES string of the molecule is Cc1cc(N(C)C(=O)OC(C)(C)C)cc(C)c1/C=C/S(=O)(=O)N1CCC2(CC1)N=C(CCCCCCCC(C)(F)F)NC2=O. The lowest BCUT2D eigenvalue weighted by Crippen LogP contribution is -2.50. The van der Waals surface area contributed by atoms with Gasteiger partial charge in [0.1, 0.15) is 17.0 Å². The number of nitrogens with zero attached hydrogens (tertiary/aromatic N) is 3. The molecule has 2 aliphatic heterocycles. The Hall–Kier alpha value is -2.86. The number of benzene rings is 1. The molecule has 246 valence electrons. The zero-order valence-corrected chi connectivity index (χ0v) is 28.0. The molecule has 0 aromatic heterocycles. The normalized spacial score (nSPS) is 17.7. The number of halogens is 2. The Morgan fingerprint density at radius 1 is 1.07 bits per heavy atom. The van der Waals surface area contributed by atoms with E-state index in [-0.39, 0.29) is 25.4 Å². The third-order valence-electron chi connectivity index (χ3n) is 8.01. The first kappa shape index (κ1) is 35.6. The zero-order valence-electron chi connectivity index (χ0n) is 27.1. The number of nitrogens with one attached hydrogen (secondary N) is 1. The Bertz CT molecular complexity index is 1350. The summed E-state index contributed by atoms with van der Waals surface area (Å²) in [6, 6.07) is 3.63. The fourth-order valence-electron chi connectivity index (χ4n) is 5.49. The van der Waals surface area contributed by atoms with Crippen LogP contribution in [0.5, 0.6) is 0 Å². The number of alkyl halides is 2. The molecule has 0 saturated carbocycles. The standard InChI is InChI=1S/C32H48F2N4O5S/c1-23-21-25(37(7)29(40)43-30(3,4)5)22-24(2)26(23)14-20-44(41,42)38-18-16-32(17-19-38)28(39)35-27(36-32)13-11-9-8-10-12-15-31(6,33)34/h14,20-22H,8-13,15-19H2,1-7H3,(H,35,36,39)/b20-14+. The zero-order chi connectivity index (χ0) is 32.9. The van der Waals surface area contributed by atoms with E-state index < -0.39 is 33.2 Å². The van der Waals surface area contributed by atoms with Crippen molar-refractivity contribution >= 4 is 39.6 Å². The largest absolute Gasteiger partial charge is 0.443 e. The predicted octanol–water partition coefficient (Wildman–Crippen LogP) is 6.72. The Morgan fingerprint density at radius 2 is 1.64 bits per heavy atom. The van der Waals surface area contributed by atoms with Crippen molar-refractivity contribution in [1.29, 1.82) is 0 Å². The maximum Gasteiger partial charge on any atom is 0.414 e. The molecule has 0 aliphatic carbocycles. The molecule has 0 atom stereocenters. The van der Waals surface area contributed by atoms with Crippen molar-refractivity contribution in [2.75, 3.05) is 25.0 Å². The highest BCUT2D eigenvalue weighted by molar-refractivity contribution is 7.92. The first-order chi connectivity index (χ1) is 20.3. The Balaban J connectivity index is 1.56. The maximum absolute atomic E-state index is 13.2. The number of amides is 2. The van der Waals surface area contributed by atoms with Gasteiger partial charge in [0, 0.05) is 44.1 Å². The lowest BCUT2D eigenvalue weighted by atomic mass is 9.89. The van der Waals surface area contributed by atoms with Gasteiger partial charge in [0.15, 0.2) is 0 Å². The van der Waals surface area contributed by atoms with Crippen LogP contribution in [0.4, 0.5) is 19.3 Å². The summed E-state index contributed by atoms with van der Waals surface area (Å²) in [5, 5.41) is 4.07. The Labute approximate surface area is 261 Å². The minimum Gasteiger partial charge on any atom is -0.443 e. The molecule has 2 aliphatic rings. The number of rotatable bonds is 12.